The van der Waals surface area contributed by atoms with Crippen molar-refractivity contribution in [1.82, 2.24) is 4.90 Å². The first kappa shape index (κ1) is 12.2. The van der Waals surface area contributed by atoms with Crippen molar-refractivity contribution in [2.75, 3.05) is 12.8 Å². The average molecular weight is 243 g/mol. The van der Waals surface area contributed by atoms with Crippen molar-refractivity contribution in [3.63, 3.8) is 0 Å². The predicted octanol–water partition coefficient (Wildman–Crippen LogP) is 1.64. The van der Waals surface area contributed by atoms with Gasteiger partial charge in [0.25, 0.3) is 0 Å². The van der Waals surface area contributed by atoms with E-state index >= 15 is 0 Å². The molecule has 2 rings (SSSR count). The number of aliphatic hydroxyl groups excluding tert-OH is 1. The zero-order valence-electron chi connectivity index (χ0n) is 9.89. The molecule has 1 saturated heterocycles. The van der Waals surface area contributed by atoms with Crippen LogP contribution in [0.5, 0.6) is 0 Å². The Labute approximate surface area is 102 Å². The normalized spacial score (nSPS) is 35.0. The molecule has 4 heteroatoms. The van der Waals surface area contributed by atoms with Crippen molar-refractivity contribution < 1.29 is 9.90 Å². The predicted molar refractivity (Wildman–Crippen MR) is 66.5 cm³/mol. The average Bonchev–Trinajstić information content (AvgIpc) is 2.81. The molecular weight excluding hydrogens is 222 g/mol. The summed E-state index contributed by atoms with van der Waals surface area (Å²) in [7, 11) is 1.86. The van der Waals surface area contributed by atoms with E-state index in [4.69, 9.17) is 0 Å². The summed E-state index contributed by atoms with van der Waals surface area (Å²) in [5, 5.41) is 10.1. The van der Waals surface area contributed by atoms with Gasteiger partial charge in [0.2, 0.25) is 5.91 Å². The van der Waals surface area contributed by atoms with Gasteiger partial charge in [-0.2, -0.15) is 0 Å². The zero-order chi connectivity index (χ0) is 11.5. The van der Waals surface area contributed by atoms with Crippen LogP contribution in [0.4, 0.5) is 0 Å². The molecule has 0 spiro atoms. The highest BCUT2D eigenvalue weighted by atomic mass is 32.2. The van der Waals surface area contributed by atoms with Crippen molar-refractivity contribution in [3.05, 3.63) is 0 Å². The molecule has 1 heterocycles. The van der Waals surface area contributed by atoms with E-state index in [1.165, 1.54) is 0 Å². The monoisotopic (exact) mass is 243 g/mol. The molecule has 0 aromatic carbocycles. The maximum absolute atomic E-state index is 12.2. The van der Waals surface area contributed by atoms with Crippen LogP contribution in [0, 0.1) is 0 Å². The van der Waals surface area contributed by atoms with Gasteiger partial charge in [0.15, 0.2) is 0 Å². The van der Waals surface area contributed by atoms with Gasteiger partial charge < -0.3 is 10.0 Å². The Kier molecular flexibility index (Phi) is 4.14. The van der Waals surface area contributed by atoms with Crippen LogP contribution in [0.15, 0.2) is 0 Å². The number of amides is 1. The minimum absolute atomic E-state index is 0.0578. The zero-order valence-corrected chi connectivity index (χ0v) is 10.7. The standard InChI is InChI=1S/C12H21NO2S/c1-13(9-5-2-3-6-10(9)14)12(15)11-7-4-8-16-11/h9-11,14H,2-8H2,1H3. The first-order valence-corrected chi connectivity index (χ1v) is 7.31. The number of hydrogen-bond donors (Lipinski definition) is 1. The molecule has 1 amide bonds. The third-order valence-electron chi connectivity index (χ3n) is 3.74. The molecule has 3 unspecified atom stereocenters. The Bertz CT molecular complexity index is 253. The van der Waals surface area contributed by atoms with Crippen LogP contribution in [0.3, 0.4) is 0 Å². The summed E-state index contributed by atoms with van der Waals surface area (Å²) in [6, 6.07) is 0.0578. The van der Waals surface area contributed by atoms with Gasteiger partial charge in [0.1, 0.15) is 0 Å². The van der Waals surface area contributed by atoms with Crippen molar-refractivity contribution in [2.45, 2.75) is 55.9 Å². The minimum Gasteiger partial charge on any atom is -0.391 e. The van der Waals surface area contributed by atoms with Gasteiger partial charge in [-0.1, -0.05) is 12.8 Å². The van der Waals surface area contributed by atoms with Gasteiger partial charge in [-0.3, -0.25) is 4.79 Å². The molecule has 0 radical (unpaired) electrons. The number of thioether (sulfide) groups is 1. The molecule has 1 N–H and O–H groups in total. The van der Waals surface area contributed by atoms with Gasteiger partial charge in [0, 0.05) is 7.05 Å². The molecular formula is C12H21NO2S. The highest BCUT2D eigenvalue weighted by Gasteiger charge is 2.33. The smallest absolute Gasteiger partial charge is 0.235 e. The fraction of sp³-hybridized carbons (Fsp3) is 0.917. The number of carbonyl (C=O) groups is 1. The van der Waals surface area contributed by atoms with Gasteiger partial charge in [-0.15, -0.1) is 11.8 Å². The molecule has 1 aliphatic carbocycles. The fourth-order valence-electron chi connectivity index (χ4n) is 2.71. The summed E-state index contributed by atoms with van der Waals surface area (Å²) in [6.07, 6.45) is 5.89. The summed E-state index contributed by atoms with van der Waals surface area (Å²) in [5.41, 5.74) is 0. The van der Waals surface area contributed by atoms with E-state index < -0.39 is 0 Å². The molecule has 1 saturated carbocycles. The van der Waals surface area contributed by atoms with E-state index in [9.17, 15) is 9.90 Å². The van der Waals surface area contributed by atoms with Crippen LogP contribution in [0.25, 0.3) is 0 Å². The number of hydrogen-bond acceptors (Lipinski definition) is 3. The maximum Gasteiger partial charge on any atom is 0.235 e. The summed E-state index contributed by atoms with van der Waals surface area (Å²) in [5.74, 6) is 1.34. The molecule has 2 fully saturated rings. The van der Waals surface area contributed by atoms with Crippen molar-refractivity contribution in [3.8, 4) is 0 Å². The van der Waals surface area contributed by atoms with E-state index in [1.54, 1.807) is 11.8 Å². The third kappa shape index (κ3) is 2.54. The van der Waals surface area contributed by atoms with Crippen LogP contribution < -0.4 is 0 Å². The van der Waals surface area contributed by atoms with Gasteiger partial charge >= 0.3 is 0 Å². The van der Waals surface area contributed by atoms with Crippen molar-refractivity contribution in [1.29, 1.82) is 0 Å². The Morgan fingerprint density at radius 1 is 1.25 bits per heavy atom. The molecule has 0 aromatic heterocycles. The van der Waals surface area contributed by atoms with E-state index in [-0.39, 0.29) is 23.3 Å². The first-order chi connectivity index (χ1) is 7.70. The van der Waals surface area contributed by atoms with Crippen molar-refractivity contribution in [2.24, 2.45) is 0 Å². The topological polar surface area (TPSA) is 40.5 Å². The Hall–Kier alpha value is -0.220. The first-order valence-electron chi connectivity index (χ1n) is 6.26. The minimum atomic E-state index is -0.311. The second kappa shape index (κ2) is 5.41. The van der Waals surface area contributed by atoms with Crippen LogP contribution in [-0.2, 0) is 4.79 Å². The highest BCUT2D eigenvalue weighted by molar-refractivity contribution is 8.00. The Morgan fingerprint density at radius 3 is 2.62 bits per heavy atom. The van der Waals surface area contributed by atoms with Crippen LogP contribution in [0.1, 0.15) is 38.5 Å². The molecule has 3 atom stereocenters. The summed E-state index contributed by atoms with van der Waals surface area (Å²) in [6.45, 7) is 0. The van der Waals surface area contributed by atoms with E-state index in [0.29, 0.717) is 0 Å². The molecule has 16 heavy (non-hydrogen) atoms. The molecule has 2 aliphatic rings. The lowest BCUT2D eigenvalue weighted by molar-refractivity contribution is -0.134. The second-order valence-electron chi connectivity index (χ2n) is 4.87. The number of aliphatic hydroxyl groups is 1. The van der Waals surface area contributed by atoms with Crippen LogP contribution >= 0.6 is 11.8 Å². The van der Waals surface area contributed by atoms with Gasteiger partial charge in [-0.25, -0.2) is 0 Å². The quantitative estimate of drug-likeness (QED) is 0.801. The van der Waals surface area contributed by atoms with Crippen LogP contribution in [0.2, 0.25) is 0 Å². The third-order valence-corrected chi connectivity index (χ3v) is 5.11. The number of likely N-dealkylation sites (N-methyl/N-ethyl adjacent to an activating group) is 1. The summed E-state index contributed by atoms with van der Waals surface area (Å²) < 4.78 is 0. The lowest BCUT2D eigenvalue weighted by Gasteiger charge is -2.36. The molecule has 92 valence electrons. The highest BCUT2D eigenvalue weighted by Crippen LogP contribution is 2.30. The second-order valence-corrected chi connectivity index (χ2v) is 6.18. The number of nitrogens with zero attached hydrogens (tertiary/aromatic N) is 1. The van der Waals surface area contributed by atoms with E-state index in [2.05, 4.69) is 0 Å². The van der Waals surface area contributed by atoms with E-state index in [1.807, 2.05) is 11.9 Å². The molecule has 0 bridgehead atoms. The van der Waals surface area contributed by atoms with Gasteiger partial charge in [0.05, 0.1) is 17.4 Å². The molecule has 1 aliphatic heterocycles. The summed E-state index contributed by atoms with van der Waals surface area (Å²) >= 11 is 1.77. The summed E-state index contributed by atoms with van der Waals surface area (Å²) in [4.78, 5) is 14.0. The Balaban J connectivity index is 1.94. The largest absolute Gasteiger partial charge is 0.391 e. The van der Waals surface area contributed by atoms with Crippen molar-refractivity contribution >= 4 is 17.7 Å². The van der Waals surface area contributed by atoms with E-state index in [0.717, 1.165) is 44.3 Å². The number of rotatable bonds is 2. The molecule has 0 aromatic rings. The van der Waals surface area contributed by atoms with Gasteiger partial charge in [-0.05, 0) is 31.4 Å². The lowest BCUT2D eigenvalue weighted by Crippen LogP contribution is -2.48. The SMILES string of the molecule is CN(C(=O)C1CCCS1)C1CCCCC1O. The number of carbonyl (C=O) groups excluding carboxylic acids is 1. The fourth-order valence-corrected chi connectivity index (χ4v) is 3.97. The maximum atomic E-state index is 12.2. The lowest BCUT2D eigenvalue weighted by atomic mass is 9.91. The Morgan fingerprint density at radius 2 is 2.00 bits per heavy atom. The molecule has 3 nitrogen and oxygen atoms in total. The van der Waals surface area contributed by atoms with Crippen LogP contribution in [-0.4, -0.2) is 46.1 Å².